The monoisotopic (exact) mass is 331 g/mol. The molecule has 0 fully saturated rings. The van der Waals surface area contributed by atoms with Crippen molar-refractivity contribution in [3.8, 4) is 11.4 Å². The summed E-state index contributed by atoms with van der Waals surface area (Å²) in [6.45, 7) is 2.21. The first-order chi connectivity index (χ1) is 11.6. The highest BCUT2D eigenvalue weighted by Gasteiger charge is 2.18. The van der Waals surface area contributed by atoms with E-state index in [9.17, 15) is 9.59 Å². The number of amides is 1. The van der Waals surface area contributed by atoms with Crippen LogP contribution in [0.4, 0.5) is 0 Å². The van der Waals surface area contributed by atoms with Gasteiger partial charge >= 0.3 is 5.97 Å². The minimum absolute atomic E-state index is 0.162. The highest BCUT2D eigenvalue weighted by Crippen LogP contribution is 2.13. The van der Waals surface area contributed by atoms with Crippen molar-refractivity contribution >= 4 is 11.9 Å². The first-order valence-electron chi connectivity index (χ1n) is 7.92. The molecule has 8 nitrogen and oxygen atoms in total. The Hall–Kier alpha value is -2.77. The average Bonchev–Trinajstić information content (AvgIpc) is 3.07. The lowest BCUT2D eigenvalue weighted by molar-refractivity contribution is -0.137. The molecule has 128 valence electrons. The number of hydrogen-bond donors (Lipinski definition) is 2. The van der Waals surface area contributed by atoms with Gasteiger partial charge in [-0.15, -0.1) is 10.2 Å². The van der Waals surface area contributed by atoms with Crippen LogP contribution in [0.1, 0.15) is 38.6 Å². The van der Waals surface area contributed by atoms with E-state index in [4.69, 9.17) is 5.11 Å². The van der Waals surface area contributed by atoms with Gasteiger partial charge in [0.15, 0.2) is 0 Å². The summed E-state index contributed by atoms with van der Waals surface area (Å²) in [6.07, 6.45) is 2.29. The van der Waals surface area contributed by atoms with Crippen LogP contribution in [-0.4, -0.2) is 43.7 Å². The molecule has 24 heavy (non-hydrogen) atoms. The van der Waals surface area contributed by atoms with Crippen LogP contribution in [0.2, 0.25) is 0 Å². The van der Waals surface area contributed by atoms with Crippen LogP contribution >= 0.6 is 0 Å². The fourth-order valence-corrected chi connectivity index (χ4v) is 2.13. The van der Waals surface area contributed by atoms with Crippen molar-refractivity contribution in [2.24, 2.45) is 0 Å². The lowest BCUT2D eigenvalue weighted by Gasteiger charge is -2.10. The number of unbranched alkanes of at least 4 members (excludes halogenated alkanes) is 2. The number of carbonyl (C=O) groups is 2. The summed E-state index contributed by atoms with van der Waals surface area (Å²) in [5.74, 6) is -0.506. The maximum atomic E-state index is 12.1. The van der Waals surface area contributed by atoms with Crippen LogP contribution < -0.4 is 5.32 Å². The van der Waals surface area contributed by atoms with E-state index in [1.807, 2.05) is 30.3 Å². The number of hydrogen-bond acceptors (Lipinski definition) is 5. The molecule has 8 heteroatoms. The molecule has 0 aliphatic rings. The largest absolute Gasteiger partial charge is 0.481 e. The Labute approximate surface area is 139 Å². The average molecular weight is 331 g/mol. The third kappa shape index (κ3) is 5.15. The van der Waals surface area contributed by atoms with Crippen LogP contribution in [0, 0.1) is 0 Å². The Kier molecular flexibility index (Phi) is 6.41. The van der Waals surface area contributed by atoms with E-state index in [2.05, 4.69) is 20.7 Å². The Morgan fingerprint density at radius 1 is 1.21 bits per heavy atom. The summed E-state index contributed by atoms with van der Waals surface area (Å²) >= 11 is 0. The van der Waals surface area contributed by atoms with E-state index in [0.29, 0.717) is 18.8 Å². The second-order valence-electron chi connectivity index (χ2n) is 5.47. The van der Waals surface area contributed by atoms with Crippen molar-refractivity contribution in [2.45, 2.75) is 38.6 Å². The van der Waals surface area contributed by atoms with Crippen LogP contribution in [0.5, 0.6) is 0 Å². The zero-order chi connectivity index (χ0) is 17.4. The summed E-state index contributed by atoms with van der Waals surface area (Å²) in [5, 5.41) is 23.5. The van der Waals surface area contributed by atoms with Gasteiger partial charge in [-0.05, 0) is 25.0 Å². The Morgan fingerprint density at radius 2 is 1.96 bits per heavy atom. The molecule has 0 aliphatic heterocycles. The Balaban J connectivity index is 1.79. The van der Waals surface area contributed by atoms with E-state index in [1.54, 1.807) is 6.92 Å². The number of benzene rings is 1. The number of aliphatic carboxylic acids is 1. The zero-order valence-corrected chi connectivity index (χ0v) is 13.6. The van der Waals surface area contributed by atoms with Gasteiger partial charge < -0.3 is 10.4 Å². The van der Waals surface area contributed by atoms with E-state index in [-0.39, 0.29) is 12.3 Å². The highest BCUT2D eigenvalue weighted by atomic mass is 16.4. The molecule has 2 rings (SSSR count). The van der Waals surface area contributed by atoms with Crippen molar-refractivity contribution in [1.82, 2.24) is 25.5 Å². The molecule has 1 amide bonds. The molecular formula is C16H21N5O3. The number of carboxylic acid groups (broad SMARTS) is 1. The highest BCUT2D eigenvalue weighted by molar-refractivity contribution is 5.79. The summed E-state index contributed by atoms with van der Waals surface area (Å²) in [4.78, 5) is 23.8. The smallest absolute Gasteiger partial charge is 0.303 e. The molecule has 2 N–H and O–H groups in total. The first kappa shape index (κ1) is 17.6. The molecule has 0 saturated carbocycles. The summed E-state index contributed by atoms with van der Waals surface area (Å²) < 4.78 is 0. The van der Waals surface area contributed by atoms with E-state index in [1.165, 1.54) is 4.80 Å². The van der Waals surface area contributed by atoms with Crippen LogP contribution in [-0.2, 0) is 9.59 Å². The maximum absolute atomic E-state index is 12.1. The molecule has 0 spiro atoms. The van der Waals surface area contributed by atoms with Gasteiger partial charge in [0, 0.05) is 18.5 Å². The van der Waals surface area contributed by atoms with E-state index < -0.39 is 12.0 Å². The van der Waals surface area contributed by atoms with Gasteiger partial charge in [0.1, 0.15) is 6.04 Å². The van der Waals surface area contributed by atoms with Gasteiger partial charge in [0.25, 0.3) is 0 Å². The normalized spacial score (nSPS) is 11.9. The van der Waals surface area contributed by atoms with Crippen molar-refractivity contribution < 1.29 is 14.7 Å². The van der Waals surface area contributed by atoms with E-state index in [0.717, 1.165) is 18.4 Å². The number of nitrogens with zero attached hydrogens (tertiary/aromatic N) is 4. The topological polar surface area (TPSA) is 110 Å². The third-order valence-corrected chi connectivity index (χ3v) is 3.55. The Bertz CT molecular complexity index is 671. The van der Waals surface area contributed by atoms with Gasteiger partial charge in [-0.3, -0.25) is 9.59 Å². The predicted octanol–water partition coefficient (Wildman–Crippen LogP) is 1.66. The van der Waals surface area contributed by atoms with Crippen molar-refractivity contribution in [3.63, 3.8) is 0 Å². The molecule has 1 aromatic heterocycles. The second-order valence-corrected chi connectivity index (χ2v) is 5.47. The molecule has 0 aliphatic carbocycles. The SMILES string of the molecule is CC(C(=O)NCCCCCC(=O)O)n1nnc(-c2ccccc2)n1. The molecule has 0 saturated heterocycles. The number of carboxylic acids is 1. The van der Waals surface area contributed by atoms with Crippen LogP contribution in [0.3, 0.4) is 0 Å². The second kappa shape index (κ2) is 8.76. The van der Waals surface area contributed by atoms with Gasteiger partial charge in [0.2, 0.25) is 11.7 Å². The van der Waals surface area contributed by atoms with Crippen LogP contribution in [0.15, 0.2) is 30.3 Å². The third-order valence-electron chi connectivity index (χ3n) is 3.55. The fraction of sp³-hybridized carbons (Fsp3) is 0.438. The minimum atomic E-state index is -0.792. The minimum Gasteiger partial charge on any atom is -0.481 e. The summed E-state index contributed by atoms with van der Waals surface area (Å²) in [7, 11) is 0. The summed E-state index contributed by atoms with van der Waals surface area (Å²) in [5.41, 5.74) is 0.842. The first-order valence-corrected chi connectivity index (χ1v) is 7.92. The molecule has 2 aromatic rings. The fourth-order valence-electron chi connectivity index (χ4n) is 2.13. The molecule has 1 aromatic carbocycles. The van der Waals surface area contributed by atoms with Crippen LogP contribution in [0.25, 0.3) is 11.4 Å². The van der Waals surface area contributed by atoms with Crippen molar-refractivity contribution in [1.29, 1.82) is 0 Å². The van der Waals surface area contributed by atoms with Gasteiger partial charge in [-0.2, -0.15) is 4.80 Å². The number of nitrogens with one attached hydrogen (secondary N) is 1. The quantitative estimate of drug-likeness (QED) is 0.676. The van der Waals surface area contributed by atoms with E-state index >= 15 is 0 Å². The number of rotatable bonds is 9. The van der Waals surface area contributed by atoms with Gasteiger partial charge in [0.05, 0.1) is 0 Å². The Morgan fingerprint density at radius 3 is 2.67 bits per heavy atom. The molecular weight excluding hydrogens is 310 g/mol. The molecule has 1 unspecified atom stereocenters. The molecule has 1 atom stereocenters. The standard InChI is InChI=1S/C16H21N5O3/c1-12(16(24)17-11-7-3-6-10-14(22)23)21-19-15(18-20-21)13-8-4-2-5-9-13/h2,4-5,8-9,12H,3,6-7,10-11H2,1H3,(H,17,24)(H,22,23). The van der Waals surface area contributed by atoms with Crippen molar-refractivity contribution in [3.05, 3.63) is 30.3 Å². The number of tetrazole rings is 1. The number of carbonyl (C=O) groups excluding carboxylic acids is 1. The van der Waals surface area contributed by atoms with Gasteiger partial charge in [-0.1, -0.05) is 36.8 Å². The lowest BCUT2D eigenvalue weighted by Crippen LogP contribution is -2.32. The molecule has 1 heterocycles. The predicted molar refractivity (Wildman–Crippen MR) is 87.1 cm³/mol. The molecule has 0 bridgehead atoms. The summed E-state index contributed by atoms with van der Waals surface area (Å²) in [6, 6.07) is 8.87. The lowest BCUT2D eigenvalue weighted by atomic mass is 10.2. The van der Waals surface area contributed by atoms with Gasteiger partial charge in [-0.25, -0.2) is 0 Å². The number of aromatic nitrogens is 4. The molecule has 0 radical (unpaired) electrons. The maximum Gasteiger partial charge on any atom is 0.303 e. The van der Waals surface area contributed by atoms with Crippen molar-refractivity contribution in [2.75, 3.05) is 6.54 Å². The zero-order valence-electron chi connectivity index (χ0n) is 13.6.